The van der Waals surface area contributed by atoms with Crippen molar-refractivity contribution in [3.63, 3.8) is 0 Å². The summed E-state index contributed by atoms with van der Waals surface area (Å²) in [5.74, 6) is 0. The molecule has 0 rings (SSSR count). The number of hydrogen-bond donors (Lipinski definition) is 1. The van der Waals surface area contributed by atoms with Crippen molar-refractivity contribution in [3.8, 4) is 0 Å². The molecule has 0 amide bonds. The Hall–Kier alpha value is 0.980. The van der Waals surface area contributed by atoms with Gasteiger partial charge in [0.15, 0.2) is 0 Å². The van der Waals surface area contributed by atoms with Gasteiger partial charge in [-0.2, -0.15) is 0 Å². The lowest BCUT2D eigenvalue weighted by atomic mass is 10.2. The van der Waals surface area contributed by atoms with Crippen LogP contribution in [-0.4, -0.2) is 18.8 Å². The van der Waals surface area contributed by atoms with Crippen LogP contribution in [0.3, 0.4) is 0 Å². The molecule has 6 heteroatoms. The molecule has 2 nitrogen and oxygen atoms in total. The zero-order valence-corrected chi connectivity index (χ0v) is 12.5. The fraction of sp³-hybridized carbons (Fsp3) is 1.00. The van der Waals surface area contributed by atoms with E-state index in [1.165, 1.54) is 0 Å². The highest BCUT2D eigenvalue weighted by Crippen LogP contribution is 2.33. The summed E-state index contributed by atoms with van der Waals surface area (Å²) in [6, 6.07) is -0.382. The van der Waals surface area contributed by atoms with Crippen LogP contribution in [0.4, 0.5) is 0 Å². The third-order valence-electron chi connectivity index (χ3n) is 1.78. The van der Waals surface area contributed by atoms with Gasteiger partial charge in [0, 0.05) is 0 Å². The molecule has 0 aromatic heterocycles. The Bertz CT molecular complexity index is 222. The summed E-state index contributed by atoms with van der Waals surface area (Å²) in [5.41, 5.74) is 0. The highest BCUT2D eigenvalue weighted by atomic mass is 35.6. The van der Waals surface area contributed by atoms with Crippen LogP contribution >= 0.6 is 34.8 Å². The second kappa shape index (κ2) is 6.06. The molecule has 0 unspecified atom stereocenters. The molecule has 92 valence electrons. The highest BCUT2D eigenvalue weighted by Gasteiger charge is 2.34. The molecular weight excluding hydrogens is 277 g/mol. The molecule has 0 aliphatic heterocycles. The van der Waals surface area contributed by atoms with E-state index in [2.05, 4.69) is 4.72 Å². The summed E-state index contributed by atoms with van der Waals surface area (Å²) in [5, 5.41) is 0. The average molecular weight is 295 g/mol. The summed E-state index contributed by atoms with van der Waals surface area (Å²) < 4.78 is 12.9. The summed E-state index contributed by atoms with van der Waals surface area (Å²) in [6.45, 7) is 7.61. The van der Waals surface area contributed by atoms with Crippen LogP contribution in [0.5, 0.6) is 0 Å². The van der Waals surface area contributed by atoms with Gasteiger partial charge in [-0.15, -0.1) is 0 Å². The Kier molecular flexibility index (Phi) is 6.46. The Balaban J connectivity index is 4.50. The molecule has 2 atom stereocenters. The first kappa shape index (κ1) is 16.0. The van der Waals surface area contributed by atoms with Crippen molar-refractivity contribution < 1.29 is 4.21 Å². The molecule has 15 heavy (non-hydrogen) atoms. The predicted octanol–water partition coefficient (Wildman–Crippen LogP) is 3.58. The van der Waals surface area contributed by atoms with E-state index >= 15 is 0 Å². The van der Waals surface area contributed by atoms with Crippen LogP contribution in [0.2, 0.25) is 0 Å². The molecule has 0 aromatic carbocycles. The fourth-order valence-corrected chi connectivity index (χ4v) is 2.48. The third kappa shape index (κ3) is 6.32. The molecule has 0 radical (unpaired) electrons. The number of alkyl halides is 3. The van der Waals surface area contributed by atoms with Crippen molar-refractivity contribution in [2.45, 2.75) is 55.1 Å². The maximum absolute atomic E-state index is 11.8. The molecule has 0 bridgehead atoms. The number of halogens is 3. The van der Waals surface area contributed by atoms with Crippen molar-refractivity contribution in [2.24, 2.45) is 0 Å². The van der Waals surface area contributed by atoms with E-state index in [0.29, 0.717) is 6.42 Å². The van der Waals surface area contributed by atoms with Crippen molar-refractivity contribution in [2.75, 3.05) is 0 Å². The largest absolute Gasteiger partial charge is 0.242 e. The molecule has 0 aliphatic rings. The second-order valence-corrected chi connectivity index (χ2v) is 8.75. The average Bonchev–Trinajstić information content (AvgIpc) is 1.99. The van der Waals surface area contributed by atoms with Crippen LogP contribution in [-0.2, 0) is 11.0 Å². The first-order valence-corrected chi connectivity index (χ1v) is 7.12. The summed E-state index contributed by atoms with van der Waals surface area (Å²) >= 11 is 17.4. The molecule has 0 aliphatic carbocycles. The molecule has 1 N–H and O–H groups in total. The van der Waals surface area contributed by atoms with Crippen LogP contribution in [0.25, 0.3) is 0 Å². The van der Waals surface area contributed by atoms with Gasteiger partial charge in [-0.25, -0.2) is 8.93 Å². The zero-order chi connectivity index (χ0) is 12.3. The minimum Gasteiger partial charge on any atom is -0.242 e. The Morgan fingerprint density at radius 3 is 2.00 bits per heavy atom. The van der Waals surface area contributed by atoms with E-state index in [9.17, 15) is 4.21 Å². The monoisotopic (exact) mass is 293 g/mol. The standard InChI is InChI=1S/C9H18Cl3NOS/c1-5-6-7(9(10,11)12)13-15(14)8(2,3)4/h7,13H,5-6H2,1-4H3/t7-,15+/m0/s1. The molecule has 0 saturated carbocycles. The van der Waals surface area contributed by atoms with Gasteiger partial charge >= 0.3 is 0 Å². The van der Waals surface area contributed by atoms with Crippen LogP contribution < -0.4 is 4.72 Å². The molecule has 0 fully saturated rings. The number of nitrogens with one attached hydrogen (secondary N) is 1. The Morgan fingerprint density at radius 2 is 1.73 bits per heavy atom. The van der Waals surface area contributed by atoms with Crippen molar-refractivity contribution in [1.29, 1.82) is 0 Å². The van der Waals surface area contributed by atoms with Crippen molar-refractivity contribution in [1.82, 2.24) is 4.72 Å². The zero-order valence-electron chi connectivity index (χ0n) is 9.44. The lowest BCUT2D eigenvalue weighted by Gasteiger charge is -2.28. The highest BCUT2D eigenvalue weighted by molar-refractivity contribution is 7.84. The van der Waals surface area contributed by atoms with E-state index in [4.69, 9.17) is 34.8 Å². The quantitative estimate of drug-likeness (QED) is 0.789. The van der Waals surface area contributed by atoms with Crippen molar-refractivity contribution >= 4 is 45.8 Å². The van der Waals surface area contributed by atoms with Gasteiger partial charge in [-0.1, -0.05) is 48.1 Å². The van der Waals surface area contributed by atoms with Crippen molar-refractivity contribution in [3.05, 3.63) is 0 Å². The molecule has 0 saturated heterocycles. The van der Waals surface area contributed by atoms with Gasteiger partial charge in [0.25, 0.3) is 0 Å². The van der Waals surface area contributed by atoms with E-state index in [1.807, 2.05) is 27.7 Å². The van der Waals surface area contributed by atoms with Gasteiger partial charge < -0.3 is 0 Å². The molecular formula is C9H18Cl3NOS. The number of rotatable bonds is 4. The second-order valence-electron chi connectivity index (χ2n) is 4.38. The minimum absolute atomic E-state index is 0.359. The maximum atomic E-state index is 11.8. The van der Waals surface area contributed by atoms with Crippen LogP contribution in [0.15, 0.2) is 0 Å². The van der Waals surface area contributed by atoms with Gasteiger partial charge in [-0.3, -0.25) is 0 Å². The van der Waals surface area contributed by atoms with E-state index in [0.717, 1.165) is 6.42 Å². The Morgan fingerprint density at radius 1 is 1.27 bits per heavy atom. The third-order valence-corrected chi connectivity index (χ3v) is 4.18. The lowest BCUT2D eigenvalue weighted by Crippen LogP contribution is -2.46. The van der Waals surface area contributed by atoms with Gasteiger partial charge in [0.2, 0.25) is 3.79 Å². The predicted molar refractivity (Wildman–Crippen MR) is 70.0 cm³/mol. The van der Waals surface area contributed by atoms with Gasteiger partial charge in [-0.05, 0) is 27.2 Å². The first-order valence-electron chi connectivity index (χ1n) is 4.83. The van der Waals surface area contributed by atoms with E-state index < -0.39 is 14.8 Å². The Labute approximate surface area is 110 Å². The number of hydrogen-bond acceptors (Lipinski definition) is 1. The fourth-order valence-electron chi connectivity index (χ4n) is 0.884. The molecule has 0 aromatic rings. The minimum atomic E-state index is -1.42. The smallest absolute Gasteiger partial charge is 0.206 e. The molecule has 0 spiro atoms. The van der Waals surface area contributed by atoms with Gasteiger partial charge in [0.05, 0.1) is 21.8 Å². The lowest BCUT2D eigenvalue weighted by molar-refractivity contribution is 0.550. The maximum Gasteiger partial charge on any atom is 0.206 e. The molecule has 0 heterocycles. The van der Waals surface area contributed by atoms with E-state index in [1.54, 1.807) is 0 Å². The summed E-state index contributed by atoms with van der Waals surface area (Å²) in [6.07, 6.45) is 1.55. The van der Waals surface area contributed by atoms with E-state index in [-0.39, 0.29) is 10.8 Å². The van der Waals surface area contributed by atoms with Crippen LogP contribution in [0.1, 0.15) is 40.5 Å². The van der Waals surface area contributed by atoms with Gasteiger partial charge in [0.1, 0.15) is 0 Å². The normalized spacial score (nSPS) is 17.5. The topological polar surface area (TPSA) is 29.1 Å². The van der Waals surface area contributed by atoms with Crippen LogP contribution in [0, 0.1) is 0 Å². The SMILES string of the molecule is CCC[C@H](N[S@](=O)C(C)(C)C)C(Cl)(Cl)Cl. The summed E-state index contributed by atoms with van der Waals surface area (Å²) in [4.78, 5) is 0. The first-order chi connectivity index (χ1) is 6.59. The summed E-state index contributed by atoms with van der Waals surface area (Å²) in [7, 11) is -1.22.